The average Bonchev–Trinajstić information content (AvgIpc) is 2.97. The average molecular weight is 303 g/mol. The van der Waals surface area contributed by atoms with E-state index in [1.165, 1.54) is 4.88 Å². The van der Waals surface area contributed by atoms with Crippen molar-refractivity contribution in [1.29, 1.82) is 0 Å². The molecule has 2 heterocycles. The second-order valence-electron chi connectivity index (χ2n) is 5.22. The molecule has 0 aliphatic rings. The maximum absolute atomic E-state index is 11.8. The summed E-state index contributed by atoms with van der Waals surface area (Å²) < 4.78 is 0. The van der Waals surface area contributed by atoms with Crippen LogP contribution in [0.5, 0.6) is 0 Å². The number of carbonyl (C=O) groups excluding carboxylic acids is 1. The predicted molar refractivity (Wildman–Crippen MR) is 86.4 cm³/mol. The number of nitrogens with zero attached hydrogens (tertiary/aromatic N) is 1. The normalized spacial score (nSPS) is 11.9. The van der Waals surface area contributed by atoms with Crippen LogP contribution in [0, 0.1) is 12.8 Å². The molecular formula is C16H21N3OS. The zero-order valence-corrected chi connectivity index (χ0v) is 13.2. The molecule has 2 amide bonds. The van der Waals surface area contributed by atoms with Gasteiger partial charge in [-0.15, -0.1) is 11.3 Å². The lowest BCUT2D eigenvalue weighted by atomic mass is 10.1. The molecule has 21 heavy (non-hydrogen) atoms. The monoisotopic (exact) mass is 303 g/mol. The molecule has 0 saturated heterocycles. The van der Waals surface area contributed by atoms with Crippen LogP contribution in [0.4, 0.5) is 4.79 Å². The van der Waals surface area contributed by atoms with Gasteiger partial charge in [0, 0.05) is 17.6 Å². The molecule has 0 saturated carbocycles. The highest BCUT2D eigenvalue weighted by atomic mass is 32.1. The second kappa shape index (κ2) is 7.78. The number of urea groups is 1. The molecule has 2 aromatic heterocycles. The Labute approximate surface area is 129 Å². The number of rotatable bonds is 6. The van der Waals surface area contributed by atoms with Crippen LogP contribution >= 0.6 is 11.3 Å². The Hall–Kier alpha value is -1.88. The van der Waals surface area contributed by atoms with Crippen molar-refractivity contribution in [3.8, 4) is 0 Å². The topological polar surface area (TPSA) is 54.0 Å². The van der Waals surface area contributed by atoms with Gasteiger partial charge < -0.3 is 10.6 Å². The van der Waals surface area contributed by atoms with Gasteiger partial charge in [0.2, 0.25) is 0 Å². The first-order valence-corrected chi connectivity index (χ1v) is 7.97. The van der Waals surface area contributed by atoms with E-state index in [0.29, 0.717) is 19.0 Å². The van der Waals surface area contributed by atoms with Crippen molar-refractivity contribution in [3.63, 3.8) is 0 Å². The first kappa shape index (κ1) is 15.5. The van der Waals surface area contributed by atoms with E-state index in [4.69, 9.17) is 0 Å². The van der Waals surface area contributed by atoms with Gasteiger partial charge >= 0.3 is 6.03 Å². The van der Waals surface area contributed by atoms with E-state index in [1.54, 1.807) is 17.5 Å². The SMILES string of the molecule is Cc1cccnc1CNC(=O)NCC(C)Cc1cccs1. The summed E-state index contributed by atoms with van der Waals surface area (Å²) >= 11 is 1.76. The van der Waals surface area contributed by atoms with E-state index in [9.17, 15) is 4.79 Å². The summed E-state index contributed by atoms with van der Waals surface area (Å²) in [5.41, 5.74) is 1.99. The van der Waals surface area contributed by atoms with Crippen molar-refractivity contribution in [3.05, 3.63) is 52.0 Å². The Morgan fingerprint density at radius 1 is 1.33 bits per heavy atom. The minimum Gasteiger partial charge on any atom is -0.338 e. The number of aromatic nitrogens is 1. The molecule has 5 heteroatoms. The number of thiophene rings is 1. The van der Waals surface area contributed by atoms with Crippen LogP contribution in [0.25, 0.3) is 0 Å². The van der Waals surface area contributed by atoms with Gasteiger partial charge in [-0.25, -0.2) is 4.79 Å². The summed E-state index contributed by atoms with van der Waals surface area (Å²) in [6, 6.07) is 7.93. The Bertz CT molecular complexity index is 569. The third-order valence-electron chi connectivity index (χ3n) is 3.28. The van der Waals surface area contributed by atoms with Crippen LogP contribution in [0.3, 0.4) is 0 Å². The lowest BCUT2D eigenvalue weighted by Gasteiger charge is -2.13. The van der Waals surface area contributed by atoms with Gasteiger partial charge in [-0.05, 0) is 42.3 Å². The maximum Gasteiger partial charge on any atom is 0.315 e. The van der Waals surface area contributed by atoms with Crippen LogP contribution in [0.2, 0.25) is 0 Å². The number of pyridine rings is 1. The smallest absolute Gasteiger partial charge is 0.315 e. The third kappa shape index (κ3) is 5.19. The van der Waals surface area contributed by atoms with Crippen LogP contribution < -0.4 is 10.6 Å². The molecule has 0 aromatic carbocycles. The van der Waals surface area contributed by atoms with E-state index >= 15 is 0 Å². The Balaban J connectivity index is 1.69. The van der Waals surface area contributed by atoms with Crippen LogP contribution in [-0.4, -0.2) is 17.6 Å². The van der Waals surface area contributed by atoms with Gasteiger partial charge in [0.05, 0.1) is 12.2 Å². The number of nitrogens with one attached hydrogen (secondary N) is 2. The van der Waals surface area contributed by atoms with Gasteiger partial charge in [-0.2, -0.15) is 0 Å². The fraction of sp³-hybridized carbons (Fsp3) is 0.375. The van der Waals surface area contributed by atoms with Gasteiger partial charge in [-0.1, -0.05) is 19.1 Å². The van der Waals surface area contributed by atoms with E-state index in [0.717, 1.165) is 17.7 Å². The summed E-state index contributed by atoms with van der Waals surface area (Å²) in [7, 11) is 0. The first-order chi connectivity index (χ1) is 10.1. The molecule has 0 aliphatic heterocycles. The molecule has 112 valence electrons. The molecule has 0 spiro atoms. The van der Waals surface area contributed by atoms with E-state index in [2.05, 4.69) is 40.1 Å². The molecule has 1 unspecified atom stereocenters. The van der Waals surface area contributed by atoms with Crippen LogP contribution in [0.15, 0.2) is 35.8 Å². The summed E-state index contributed by atoms with van der Waals surface area (Å²) in [6.45, 7) is 5.26. The molecule has 0 aliphatic carbocycles. The zero-order chi connectivity index (χ0) is 15.1. The summed E-state index contributed by atoms with van der Waals surface area (Å²) in [5, 5.41) is 7.84. The molecule has 4 nitrogen and oxygen atoms in total. The molecule has 0 bridgehead atoms. The van der Waals surface area contributed by atoms with Gasteiger partial charge in [0.1, 0.15) is 0 Å². The molecule has 0 fully saturated rings. The highest BCUT2D eigenvalue weighted by Crippen LogP contribution is 2.13. The lowest BCUT2D eigenvalue weighted by molar-refractivity contribution is 0.238. The molecule has 0 radical (unpaired) electrons. The van der Waals surface area contributed by atoms with Gasteiger partial charge in [0.25, 0.3) is 0 Å². The fourth-order valence-electron chi connectivity index (χ4n) is 2.04. The van der Waals surface area contributed by atoms with Crippen molar-refractivity contribution in [2.45, 2.75) is 26.8 Å². The third-order valence-corrected chi connectivity index (χ3v) is 4.17. The van der Waals surface area contributed by atoms with Crippen molar-refractivity contribution in [1.82, 2.24) is 15.6 Å². The standard InChI is InChI=1S/C16H21N3OS/c1-12(9-14-6-4-8-21-14)10-18-16(20)19-11-15-13(2)5-3-7-17-15/h3-8,12H,9-11H2,1-2H3,(H2,18,19,20). The Morgan fingerprint density at radius 2 is 2.19 bits per heavy atom. The van der Waals surface area contributed by atoms with Gasteiger partial charge in [-0.3, -0.25) is 4.98 Å². The maximum atomic E-state index is 11.8. The van der Waals surface area contributed by atoms with E-state index in [1.807, 2.05) is 19.1 Å². The molecule has 2 rings (SSSR count). The lowest BCUT2D eigenvalue weighted by Crippen LogP contribution is -2.38. The summed E-state index contributed by atoms with van der Waals surface area (Å²) in [5.74, 6) is 0.422. The summed E-state index contributed by atoms with van der Waals surface area (Å²) in [4.78, 5) is 17.4. The molecule has 2 aromatic rings. The minimum absolute atomic E-state index is 0.141. The molecule has 1 atom stereocenters. The quantitative estimate of drug-likeness (QED) is 0.861. The second-order valence-corrected chi connectivity index (χ2v) is 6.25. The fourth-order valence-corrected chi connectivity index (χ4v) is 2.91. The highest BCUT2D eigenvalue weighted by Gasteiger charge is 2.07. The number of hydrogen-bond acceptors (Lipinski definition) is 3. The molecular weight excluding hydrogens is 282 g/mol. The van der Waals surface area contributed by atoms with Crippen molar-refractivity contribution in [2.75, 3.05) is 6.54 Å². The number of amides is 2. The molecule has 2 N–H and O–H groups in total. The predicted octanol–water partition coefficient (Wildman–Crippen LogP) is 3.13. The first-order valence-electron chi connectivity index (χ1n) is 7.09. The Kier molecular flexibility index (Phi) is 5.75. The van der Waals surface area contributed by atoms with Crippen molar-refractivity contribution < 1.29 is 4.79 Å². The Morgan fingerprint density at radius 3 is 2.90 bits per heavy atom. The number of carbonyl (C=O) groups is 1. The summed E-state index contributed by atoms with van der Waals surface area (Å²) in [6.07, 6.45) is 2.74. The highest BCUT2D eigenvalue weighted by molar-refractivity contribution is 7.09. The number of aryl methyl sites for hydroxylation is 1. The van der Waals surface area contributed by atoms with Crippen molar-refractivity contribution >= 4 is 17.4 Å². The van der Waals surface area contributed by atoms with E-state index < -0.39 is 0 Å². The van der Waals surface area contributed by atoms with Crippen LogP contribution in [0.1, 0.15) is 23.1 Å². The minimum atomic E-state index is -0.141. The number of hydrogen-bond donors (Lipinski definition) is 2. The largest absolute Gasteiger partial charge is 0.338 e. The van der Waals surface area contributed by atoms with E-state index in [-0.39, 0.29) is 6.03 Å². The van der Waals surface area contributed by atoms with Crippen LogP contribution in [-0.2, 0) is 13.0 Å². The van der Waals surface area contributed by atoms with Crippen molar-refractivity contribution in [2.24, 2.45) is 5.92 Å². The van der Waals surface area contributed by atoms with Gasteiger partial charge in [0.15, 0.2) is 0 Å². The zero-order valence-electron chi connectivity index (χ0n) is 12.4.